The van der Waals surface area contributed by atoms with Crippen LogP contribution in [0.3, 0.4) is 0 Å². The zero-order chi connectivity index (χ0) is 14.7. The Bertz CT molecular complexity index is 616. The van der Waals surface area contributed by atoms with Gasteiger partial charge in [0.05, 0.1) is 18.4 Å². The molecule has 1 atom stereocenters. The van der Waals surface area contributed by atoms with Crippen molar-refractivity contribution < 1.29 is 13.9 Å². The maximum Gasteiger partial charge on any atom is 0.249 e. The van der Waals surface area contributed by atoms with E-state index in [0.29, 0.717) is 18.8 Å². The Balaban J connectivity index is 1.72. The summed E-state index contributed by atoms with van der Waals surface area (Å²) in [6.07, 6.45) is 0.850. The van der Waals surface area contributed by atoms with Crippen LogP contribution in [-0.4, -0.2) is 28.9 Å². The highest BCUT2D eigenvalue weighted by Crippen LogP contribution is 2.22. The molecule has 2 heterocycles. The maximum absolute atomic E-state index is 12.9. The summed E-state index contributed by atoms with van der Waals surface area (Å²) < 4.78 is 18.4. The van der Waals surface area contributed by atoms with E-state index in [0.717, 1.165) is 11.8 Å². The fraction of sp³-hybridized carbons (Fsp3) is 0.250. The predicted octanol–water partition coefficient (Wildman–Crippen LogP) is 2.32. The first kappa shape index (κ1) is 13.7. The molecule has 1 aliphatic heterocycles. The largest absolute Gasteiger partial charge is 0.360 e. The number of halogens is 1. The number of carbonyl (C=O) groups excluding carboxylic acids is 1. The smallest absolute Gasteiger partial charge is 0.249 e. The summed E-state index contributed by atoms with van der Waals surface area (Å²) in [5.74, 6) is -0.427. The van der Waals surface area contributed by atoms with Gasteiger partial charge < -0.3 is 9.64 Å². The third-order valence-corrected chi connectivity index (χ3v) is 3.44. The lowest BCUT2D eigenvalue weighted by atomic mass is 10.1. The molecule has 0 aliphatic carbocycles. The lowest BCUT2D eigenvalue weighted by molar-refractivity contribution is -0.150. The summed E-state index contributed by atoms with van der Waals surface area (Å²) in [5.41, 5.74) is 1.71. The van der Waals surface area contributed by atoms with Gasteiger partial charge in [0.25, 0.3) is 0 Å². The van der Waals surface area contributed by atoms with Crippen LogP contribution in [0.1, 0.15) is 17.4 Å². The minimum atomic E-state index is -0.383. The summed E-state index contributed by atoms with van der Waals surface area (Å²) in [6.45, 7) is 0.990. The van der Waals surface area contributed by atoms with Crippen molar-refractivity contribution in [2.75, 3.05) is 13.2 Å². The van der Waals surface area contributed by atoms with Crippen molar-refractivity contribution in [1.29, 1.82) is 0 Å². The van der Waals surface area contributed by atoms with Crippen molar-refractivity contribution in [2.24, 2.45) is 0 Å². The Morgan fingerprint density at radius 3 is 2.76 bits per heavy atom. The van der Waals surface area contributed by atoms with Crippen LogP contribution < -0.4 is 0 Å². The highest BCUT2D eigenvalue weighted by atomic mass is 19.1. The number of rotatable bonds is 3. The van der Waals surface area contributed by atoms with Crippen LogP contribution in [-0.2, 0) is 16.1 Å². The number of carbonyl (C=O) groups is 1. The van der Waals surface area contributed by atoms with E-state index in [2.05, 4.69) is 4.98 Å². The fourth-order valence-electron chi connectivity index (χ4n) is 2.33. The molecule has 5 heteroatoms. The number of amides is 1. The van der Waals surface area contributed by atoms with E-state index in [1.54, 1.807) is 11.0 Å². The van der Waals surface area contributed by atoms with Crippen molar-refractivity contribution >= 4 is 5.91 Å². The average molecular weight is 286 g/mol. The summed E-state index contributed by atoms with van der Waals surface area (Å²) in [4.78, 5) is 17.7. The molecule has 1 fully saturated rings. The van der Waals surface area contributed by atoms with E-state index in [1.807, 2.05) is 30.3 Å². The molecule has 0 spiro atoms. The van der Waals surface area contributed by atoms with E-state index >= 15 is 0 Å². The molecule has 1 amide bonds. The van der Waals surface area contributed by atoms with E-state index in [4.69, 9.17) is 4.74 Å². The molecule has 0 radical (unpaired) electrons. The molecule has 0 bridgehead atoms. The molecule has 2 aromatic rings. The average Bonchev–Trinajstić information content (AvgIpc) is 2.51. The van der Waals surface area contributed by atoms with Crippen LogP contribution in [0.5, 0.6) is 0 Å². The van der Waals surface area contributed by atoms with E-state index in [9.17, 15) is 9.18 Å². The van der Waals surface area contributed by atoms with Gasteiger partial charge in [-0.2, -0.15) is 0 Å². The summed E-state index contributed by atoms with van der Waals surface area (Å²) in [5, 5.41) is 0. The lowest BCUT2D eigenvalue weighted by Crippen LogP contribution is -2.42. The second-order valence-corrected chi connectivity index (χ2v) is 4.96. The van der Waals surface area contributed by atoms with Crippen molar-refractivity contribution in [3.63, 3.8) is 0 Å². The molecule has 1 aliphatic rings. The Kier molecular flexibility index (Phi) is 3.92. The lowest BCUT2D eigenvalue weighted by Gasteiger charge is -2.32. The van der Waals surface area contributed by atoms with Crippen LogP contribution >= 0.6 is 0 Å². The minimum Gasteiger partial charge on any atom is -0.360 e. The quantitative estimate of drug-likeness (QED) is 0.869. The van der Waals surface area contributed by atoms with Gasteiger partial charge in [-0.15, -0.1) is 0 Å². The molecule has 1 aromatic carbocycles. The van der Waals surface area contributed by atoms with Crippen molar-refractivity contribution in [2.45, 2.75) is 12.6 Å². The standard InChI is InChI=1S/C16H15FN2O2/c17-13-6-7-14(18-8-13)15-10-19(16(20)11-21-15)9-12-4-2-1-3-5-12/h1-8,15H,9-11H2. The summed E-state index contributed by atoms with van der Waals surface area (Å²) in [7, 11) is 0. The highest BCUT2D eigenvalue weighted by molar-refractivity contribution is 5.78. The Hall–Kier alpha value is -2.27. The SMILES string of the molecule is O=C1COC(c2ccc(F)cn2)CN1Cc1ccccc1. The first-order valence-electron chi connectivity index (χ1n) is 6.77. The van der Waals surface area contributed by atoms with E-state index < -0.39 is 0 Å². The Morgan fingerprint density at radius 1 is 1.24 bits per heavy atom. The number of morpholine rings is 1. The molecule has 1 saturated heterocycles. The van der Waals surface area contributed by atoms with Crippen LogP contribution in [0, 0.1) is 5.82 Å². The molecule has 3 rings (SSSR count). The van der Waals surface area contributed by atoms with Gasteiger partial charge in [0.2, 0.25) is 5.91 Å². The molecule has 21 heavy (non-hydrogen) atoms. The molecular weight excluding hydrogens is 271 g/mol. The zero-order valence-corrected chi connectivity index (χ0v) is 11.4. The van der Waals surface area contributed by atoms with Gasteiger partial charge in [-0.25, -0.2) is 4.39 Å². The third-order valence-electron chi connectivity index (χ3n) is 3.44. The van der Waals surface area contributed by atoms with Crippen molar-refractivity contribution in [3.05, 3.63) is 65.7 Å². The molecule has 0 saturated carbocycles. The number of hydrogen-bond donors (Lipinski definition) is 0. The van der Waals surface area contributed by atoms with Gasteiger partial charge in [0, 0.05) is 6.54 Å². The van der Waals surface area contributed by atoms with Crippen LogP contribution in [0.25, 0.3) is 0 Å². The molecule has 1 unspecified atom stereocenters. The van der Waals surface area contributed by atoms with Crippen LogP contribution in [0.2, 0.25) is 0 Å². The molecule has 1 aromatic heterocycles. The number of hydrogen-bond acceptors (Lipinski definition) is 3. The monoisotopic (exact) mass is 286 g/mol. The minimum absolute atomic E-state index is 0.0244. The maximum atomic E-state index is 12.9. The topological polar surface area (TPSA) is 42.4 Å². The van der Waals surface area contributed by atoms with Gasteiger partial charge in [-0.05, 0) is 17.7 Å². The van der Waals surface area contributed by atoms with Gasteiger partial charge >= 0.3 is 0 Å². The van der Waals surface area contributed by atoms with Crippen LogP contribution in [0.4, 0.5) is 4.39 Å². The Morgan fingerprint density at radius 2 is 2.05 bits per heavy atom. The predicted molar refractivity (Wildman–Crippen MR) is 74.7 cm³/mol. The van der Waals surface area contributed by atoms with Gasteiger partial charge in [0.15, 0.2) is 0 Å². The summed E-state index contributed by atoms with van der Waals surface area (Å²) >= 11 is 0. The zero-order valence-electron chi connectivity index (χ0n) is 11.4. The first-order chi connectivity index (χ1) is 10.2. The summed E-state index contributed by atoms with van der Waals surface area (Å²) in [6, 6.07) is 12.7. The van der Waals surface area contributed by atoms with Gasteiger partial charge in [-0.1, -0.05) is 30.3 Å². The number of aromatic nitrogens is 1. The second kappa shape index (κ2) is 6.01. The molecular formula is C16H15FN2O2. The normalized spacial score (nSPS) is 18.8. The fourth-order valence-corrected chi connectivity index (χ4v) is 2.33. The molecule has 108 valence electrons. The number of ether oxygens (including phenoxy) is 1. The van der Waals surface area contributed by atoms with Crippen molar-refractivity contribution in [3.8, 4) is 0 Å². The highest BCUT2D eigenvalue weighted by Gasteiger charge is 2.28. The van der Waals surface area contributed by atoms with E-state index in [-0.39, 0.29) is 24.4 Å². The van der Waals surface area contributed by atoms with E-state index in [1.165, 1.54) is 6.07 Å². The van der Waals surface area contributed by atoms with Gasteiger partial charge in [-0.3, -0.25) is 9.78 Å². The number of benzene rings is 1. The second-order valence-electron chi connectivity index (χ2n) is 4.96. The number of nitrogens with zero attached hydrogens (tertiary/aromatic N) is 2. The van der Waals surface area contributed by atoms with Crippen molar-refractivity contribution in [1.82, 2.24) is 9.88 Å². The van der Waals surface area contributed by atoms with Gasteiger partial charge in [0.1, 0.15) is 18.5 Å². The molecule has 0 N–H and O–H groups in total. The number of pyridine rings is 1. The van der Waals surface area contributed by atoms with Crippen LogP contribution in [0.15, 0.2) is 48.7 Å². The third kappa shape index (κ3) is 3.25. The molecule has 4 nitrogen and oxygen atoms in total. The Labute approximate surface area is 122 Å². The first-order valence-corrected chi connectivity index (χ1v) is 6.77.